The summed E-state index contributed by atoms with van der Waals surface area (Å²) in [6, 6.07) is 15.9. The van der Waals surface area contributed by atoms with Crippen molar-refractivity contribution in [2.45, 2.75) is 39.0 Å². The van der Waals surface area contributed by atoms with Crippen molar-refractivity contribution >= 4 is 34.0 Å². The van der Waals surface area contributed by atoms with E-state index in [1.54, 1.807) is 0 Å². The number of nitrogens with zero attached hydrogens (tertiary/aromatic N) is 1. The Morgan fingerprint density at radius 3 is 2.72 bits per heavy atom. The number of aromatic nitrogens is 1. The summed E-state index contributed by atoms with van der Waals surface area (Å²) in [4.78, 5) is 30.6. The second-order valence-electron chi connectivity index (χ2n) is 7.25. The van der Waals surface area contributed by atoms with E-state index in [1.807, 2.05) is 31.2 Å². The fraction of sp³-hybridized carbons (Fsp3) is 0.261. The van der Waals surface area contributed by atoms with Gasteiger partial charge in [-0.05, 0) is 30.5 Å². The zero-order valence-corrected chi connectivity index (χ0v) is 17.3. The van der Waals surface area contributed by atoms with Gasteiger partial charge in [-0.2, -0.15) is 0 Å². The third-order valence-corrected chi connectivity index (χ3v) is 6.00. The molecule has 0 aliphatic carbocycles. The van der Waals surface area contributed by atoms with Gasteiger partial charge in [-0.1, -0.05) is 55.8 Å². The van der Waals surface area contributed by atoms with Crippen LogP contribution in [-0.4, -0.2) is 16.8 Å². The molecular weight excluding hydrogens is 382 g/mol. The molecule has 0 fully saturated rings. The Morgan fingerprint density at radius 2 is 1.97 bits per heavy atom. The van der Waals surface area contributed by atoms with Crippen LogP contribution in [0.4, 0.5) is 10.8 Å². The van der Waals surface area contributed by atoms with Gasteiger partial charge in [0, 0.05) is 22.5 Å². The average molecular weight is 406 g/mol. The Balaban J connectivity index is 1.54. The first-order valence-corrected chi connectivity index (χ1v) is 10.6. The van der Waals surface area contributed by atoms with Crippen LogP contribution in [0.3, 0.4) is 0 Å². The minimum atomic E-state index is -0.513. The van der Waals surface area contributed by atoms with E-state index in [9.17, 15) is 9.59 Å². The molecule has 148 valence electrons. The fourth-order valence-corrected chi connectivity index (χ4v) is 4.51. The molecule has 0 radical (unpaired) electrons. The number of nitrogens with one attached hydrogen (secondary N) is 2. The van der Waals surface area contributed by atoms with Crippen LogP contribution < -0.4 is 10.6 Å². The predicted octanol–water partition coefficient (Wildman–Crippen LogP) is 5.14. The van der Waals surface area contributed by atoms with Gasteiger partial charge in [-0.15, -0.1) is 11.3 Å². The van der Waals surface area contributed by atoms with Gasteiger partial charge in [0.05, 0.1) is 11.6 Å². The van der Waals surface area contributed by atoms with Crippen LogP contribution in [0, 0.1) is 6.92 Å². The van der Waals surface area contributed by atoms with E-state index in [-0.39, 0.29) is 18.2 Å². The normalized spacial score (nSPS) is 15.5. The lowest BCUT2D eigenvalue weighted by Crippen LogP contribution is -2.30. The van der Waals surface area contributed by atoms with Crippen molar-refractivity contribution in [1.82, 2.24) is 4.98 Å². The molecule has 0 saturated heterocycles. The van der Waals surface area contributed by atoms with Gasteiger partial charge in [-0.3, -0.25) is 9.59 Å². The minimum Gasteiger partial charge on any atom is -0.326 e. The van der Waals surface area contributed by atoms with Crippen molar-refractivity contribution in [2.75, 3.05) is 10.6 Å². The Bertz CT molecular complexity index is 1060. The predicted molar refractivity (Wildman–Crippen MR) is 117 cm³/mol. The molecule has 6 heteroatoms. The van der Waals surface area contributed by atoms with Crippen molar-refractivity contribution in [3.63, 3.8) is 0 Å². The molecule has 29 heavy (non-hydrogen) atoms. The monoisotopic (exact) mass is 405 g/mol. The minimum absolute atomic E-state index is 0.138. The first kappa shape index (κ1) is 19.3. The highest BCUT2D eigenvalue weighted by molar-refractivity contribution is 7.16. The molecule has 1 aliphatic rings. The molecule has 2 N–H and O–H groups in total. The molecular formula is C23H23N3O2S. The highest BCUT2D eigenvalue weighted by atomic mass is 32.1. The molecule has 2 amide bonds. The molecule has 1 unspecified atom stereocenters. The summed E-state index contributed by atoms with van der Waals surface area (Å²) in [5, 5.41) is 6.31. The number of benzene rings is 2. The Kier molecular flexibility index (Phi) is 5.45. The van der Waals surface area contributed by atoms with Crippen LogP contribution in [0.2, 0.25) is 0 Å². The molecule has 0 bridgehead atoms. The van der Waals surface area contributed by atoms with Crippen molar-refractivity contribution < 1.29 is 9.59 Å². The van der Waals surface area contributed by atoms with E-state index in [4.69, 9.17) is 0 Å². The third-order valence-electron chi connectivity index (χ3n) is 5.11. The Labute approximate surface area is 174 Å². The molecule has 1 atom stereocenters. The molecule has 1 aromatic heterocycles. The standard InChI is InChI=1S/C23H23N3O2S/c1-3-6-15-9-11-16(12-10-15)21-14(2)29-23(25-21)26-22(28)18-13-20(27)24-19-8-5-4-7-17(18)19/h4-5,7-12,18H,3,6,13H2,1-2H3,(H,24,27)(H,25,26,28). The number of thiazole rings is 1. The quantitative estimate of drug-likeness (QED) is 0.618. The van der Waals surface area contributed by atoms with E-state index >= 15 is 0 Å². The summed E-state index contributed by atoms with van der Waals surface area (Å²) in [6.45, 7) is 4.17. The summed E-state index contributed by atoms with van der Waals surface area (Å²) >= 11 is 1.45. The van der Waals surface area contributed by atoms with Crippen molar-refractivity contribution in [1.29, 1.82) is 0 Å². The number of hydrogen-bond acceptors (Lipinski definition) is 4. The van der Waals surface area contributed by atoms with Crippen molar-refractivity contribution in [3.05, 3.63) is 64.5 Å². The fourth-order valence-electron chi connectivity index (χ4n) is 3.67. The van der Waals surface area contributed by atoms with Gasteiger partial charge in [0.1, 0.15) is 0 Å². The second kappa shape index (κ2) is 8.17. The summed E-state index contributed by atoms with van der Waals surface area (Å²) < 4.78 is 0. The van der Waals surface area contributed by atoms with Crippen LogP contribution in [0.1, 0.15) is 41.7 Å². The van der Waals surface area contributed by atoms with E-state index in [0.717, 1.165) is 34.5 Å². The summed E-state index contributed by atoms with van der Waals surface area (Å²) in [7, 11) is 0. The topological polar surface area (TPSA) is 71.1 Å². The Hall–Kier alpha value is -2.99. The number of hydrogen-bond donors (Lipinski definition) is 2. The first-order valence-electron chi connectivity index (χ1n) is 9.81. The maximum Gasteiger partial charge on any atom is 0.234 e. The zero-order valence-electron chi connectivity index (χ0n) is 16.5. The number of amides is 2. The number of anilines is 2. The summed E-state index contributed by atoms with van der Waals surface area (Å²) in [6.07, 6.45) is 2.32. The number of aryl methyl sites for hydroxylation is 2. The van der Waals surface area contributed by atoms with Gasteiger partial charge < -0.3 is 10.6 Å². The molecule has 3 aromatic rings. The van der Waals surface area contributed by atoms with Crippen LogP contribution >= 0.6 is 11.3 Å². The second-order valence-corrected chi connectivity index (χ2v) is 8.46. The summed E-state index contributed by atoms with van der Waals surface area (Å²) in [5.41, 5.74) is 4.78. The number of para-hydroxylation sites is 1. The lowest BCUT2D eigenvalue weighted by molar-refractivity contribution is -0.123. The number of rotatable bonds is 5. The van der Waals surface area contributed by atoms with Crippen molar-refractivity contribution in [3.8, 4) is 11.3 Å². The molecule has 2 heterocycles. The number of fused-ring (bicyclic) bond motifs is 1. The molecule has 1 aliphatic heterocycles. The highest BCUT2D eigenvalue weighted by Gasteiger charge is 2.31. The highest BCUT2D eigenvalue weighted by Crippen LogP contribution is 2.35. The van der Waals surface area contributed by atoms with Crippen LogP contribution in [0.15, 0.2) is 48.5 Å². The lowest BCUT2D eigenvalue weighted by atomic mass is 9.90. The third kappa shape index (κ3) is 4.07. The number of carbonyl (C=O) groups excluding carboxylic acids is 2. The number of carbonyl (C=O) groups is 2. The van der Waals surface area contributed by atoms with Crippen molar-refractivity contribution in [2.24, 2.45) is 0 Å². The van der Waals surface area contributed by atoms with Gasteiger partial charge in [0.25, 0.3) is 0 Å². The van der Waals surface area contributed by atoms with E-state index in [1.165, 1.54) is 16.9 Å². The van der Waals surface area contributed by atoms with E-state index in [0.29, 0.717) is 10.8 Å². The maximum absolute atomic E-state index is 12.9. The van der Waals surface area contributed by atoms with E-state index < -0.39 is 5.92 Å². The van der Waals surface area contributed by atoms with Gasteiger partial charge >= 0.3 is 0 Å². The molecule has 0 spiro atoms. The Morgan fingerprint density at radius 1 is 1.21 bits per heavy atom. The van der Waals surface area contributed by atoms with Gasteiger partial charge in [0.2, 0.25) is 11.8 Å². The molecule has 5 nitrogen and oxygen atoms in total. The van der Waals surface area contributed by atoms with Crippen LogP contribution in [0.5, 0.6) is 0 Å². The van der Waals surface area contributed by atoms with Gasteiger partial charge in [0.15, 0.2) is 5.13 Å². The summed E-state index contributed by atoms with van der Waals surface area (Å²) in [5.74, 6) is -0.862. The smallest absolute Gasteiger partial charge is 0.234 e. The molecule has 2 aromatic carbocycles. The first-order chi connectivity index (χ1) is 14.0. The van der Waals surface area contributed by atoms with Crippen LogP contribution in [-0.2, 0) is 16.0 Å². The largest absolute Gasteiger partial charge is 0.326 e. The average Bonchev–Trinajstić information content (AvgIpc) is 3.08. The van der Waals surface area contributed by atoms with E-state index in [2.05, 4.69) is 46.8 Å². The van der Waals surface area contributed by atoms with Crippen LogP contribution in [0.25, 0.3) is 11.3 Å². The maximum atomic E-state index is 12.9. The zero-order chi connectivity index (χ0) is 20.4. The molecule has 4 rings (SSSR count). The molecule has 0 saturated carbocycles. The lowest BCUT2D eigenvalue weighted by Gasteiger charge is -2.24. The van der Waals surface area contributed by atoms with Gasteiger partial charge in [-0.25, -0.2) is 4.98 Å². The SMILES string of the molecule is CCCc1ccc(-c2nc(NC(=O)C3CC(=O)Nc4ccccc43)sc2C)cc1.